The van der Waals surface area contributed by atoms with Gasteiger partial charge in [0.05, 0.1) is 5.52 Å². The van der Waals surface area contributed by atoms with Crippen molar-refractivity contribution >= 4 is 10.9 Å². The summed E-state index contributed by atoms with van der Waals surface area (Å²) in [6, 6.07) is 12.1. The molecule has 0 N–H and O–H groups in total. The molecular weight excluding hydrogens is 188 g/mol. The van der Waals surface area contributed by atoms with Crippen molar-refractivity contribution in [3.05, 3.63) is 42.6 Å². The molecule has 0 aliphatic carbocycles. The number of fused-ring (bicyclic) bond motifs is 3. The largest absolute Gasteiger partial charge is 0.416 e. The number of benzene rings is 1. The van der Waals surface area contributed by atoms with Crippen LogP contribution in [0.5, 0.6) is 0 Å². The van der Waals surface area contributed by atoms with Gasteiger partial charge < -0.3 is 4.84 Å². The number of aromatic nitrogens is 2. The van der Waals surface area contributed by atoms with E-state index < -0.39 is 0 Å². The van der Waals surface area contributed by atoms with Crippen molar-refractivity contribution in [2.24, 2.45) is 0 Å². The van der Waals surface area contributed by atoms with Crippen molar-refractivity contribution in [2.75, 3.05) is 7.11 Å². The van der Waals surface area contributed by atoms with E-state index in [1.807, 2.05) is 30.5 Å². The fourth-order valence-electron chi connectivity index (χ4n) is 1.86. The maximum absolute atomic E-state index is 5.21. The molecule has 0 unspecified atom stereocenters. The van der Waals surface area contributed by atoms with Crippen LogP contribution in [-0.2, 0) is 0 Å². The van der Waals surface area contributed by atoms with Crippen molar-refractivity contribution in [1.29, 1.82) is 0 Å². The zero-order valence-electron chi connectivity index (χ0n) is 8.34. The molecule has 0 saturated carbocycles. The van der Waals surface area contributed by atoms with Crippen LogP contribution in [0.2, 0.25) is 0 Å². The van der Waals surface area contributed by atoms with Crippen LogP contribution in [-0.4, -0.2) is 16.8 Å². The van der Waals surface area contributed by atoms with Gasteiger partial charge in [-0.1, -0.05) is 18.2 Å². The standard InChI is InChI=1S/C12H10N2O/c1-15-14-8-4-6-10-9-5-2-3-7-11(9)13-12(10)14/h2-8H,1H3. The summed E-state index contributed by atoms with van der Waals surface area (Å²) in [5.41, 5.74) is 2.12. The smallest absolute Gasteiger partial charge is 0.176 e. The van der Waals surface area contributed by atoms with Crippen molar-refractivity contribution in [3.8, 4) is 11.4 Å². The second kappa shape index (κ2) is 2.98. The first kappa shape index (κ1) is 8.29. The quantitative estimate of drug-likeness (QED) is 0.599. The number of pyridine rings is 1. The highest BCUT2D eigenvalue weighted by Gasteiger charge is 2.13. The van der Waals surface area contributed by atoms with Crippen LogP contribution in [0.25, 0.3) is 22.3 Å². The van der Waals surface area contributed by atoms with Crippen LogP contribution in [0, 0.1) is 0 Å². The fourth-order valence-corrected chi connectivity index (χ4v) is 1.86. The number of hydrogen-bond donors (Lipinski definition) is 0. The molecule has 2 aliphatic rings. The first-order valence-corrected chi connectivity index (χ1v) is 4.80. The highest BCUT2D eigenvalue weighted by molar-refractivity contribution is 5.96. The minimum Gasteiger partial charge on any atom is -0.416 e. The third-order valence-electron chi connectivity index (χ3n) is 2.55. The summed E-state index contributed by atoms with van der Waals surface area (Å²) < 4.78 is 1.68. The second-order valence-electron chi connectivity index (χ2n) is 3.38. The average Bonchev–Trinajstić information content (AvgIpc) is 2.67. The first-order chi connectivity index (χ1) is 7.40. The lowest BCUT2D eigenvalue weighted by Gasteiger charge is -2.07. The molecule has 0 aromatic heterocycles. The maximum atomic E-state index is 5.21. The van der Waals surface area contributed by atoms with Gasteiger partial charge >= 0.3 is 0 Å². The molecule has 0 bridgehead atoms. The van der Waals surface area contributed by atoms with Gasteiger partial charge in [-0.25, -0.2) is 4.98 Å². The Kier molecular flexibility index (Phi) is 1.65. The van der Waals surface area contributed by atoms with Crippen molar-refractivity contribution in [2.45, 2.75) is 0 Å². The molecule has 3 nitrogen and oxygen atoms in total. The molecule has 0 radical (unpaired) electrons. The minimum atomic E-state index is 0.862. The van der Waals surface area contributed by atoms with Crippen molar-refractivity contribution < 1.29 is 4.84 Å². The third-order valence-corrected chi connectivity index (χ3v) is 2.55. The predicted octanol–water partition coefficient (Wildman–Crippen LogP) is 2.20. The highest BCUT2D eigenvalue weighted by atomic mass is 16.6. The lowest BCUT2D eigenvalue weighted by molar-refractivity contribution is 0.168. The van der Waals surface area contributed by atoms with Gasteiger partial charge in [0.15, 0.2) is 5.82 Å². The Balaban J connectivity index is 2.45. The van der Waals surface area contributed by atoms with Gasteiger partial charge in [-0.05, 0) is 18.2 Å². The van der Waals surface area contributed by atoms with Crippen LogP contribution in [0.3, 0.4) is 0 Å². The summed E-state index contributed by atoms with van der Waals surface area (Å²) in [6.45, 7) is 0. The topological polar surface area (TPSA) is 27.1 Å². The summed E-state index contributed by atoms with van der Waals surface area (Å²) in [6.07, 6.45) is 1.86. The summed E-state index contributed by atoms with van der Waals surface area (Å²) in [5, 5.41) is 1.17. The molecule has 1 aromatic carbocycles. The number of nitrogens with zero attached hydrogens (tertiary/aromatic N) is 2. The Labute approximate surface area is 87.2 Å². The summed E-state index contributed by atoms with van der Waals surface area (Å²) >= 11 is 0. The Morgan fingerprint density at radius 2 is 2.00 bits per heavy atom. The zero-order chi connectivity index (χ0) is 10.3. The fraction of sp³-hybridized carbons (Fsp3) is 0.0833. The SMILES string of the molecule is COn1cccc2c3ccccc3nc1-2. The lowest BCUT2D eigenvalue weighted by atomic mass is 10.1. The average molecular weight is 198 g/mol. The highest BCUT2D eigenvalue weighted by Crippen LogP contribution is 2.29. The molecular formula is C12H10N2O. The zero-order valence-corrected chi connectivity index (χ0v) is 8.34. The Hall–Kier alpha value is -2.03. The molecule has 15 heavy (non-hydrogen) atoms. The minimum absolute atomic E-state index is 0.862. The second-order valence-corrected chi connectivity index (χ2v) is 3.38. The van der Waals surface area contributed by atoms with Crippen molar-refractivity contribution in [1.82, 2.24) is 9.71 Å². The van der Waals surface area contributed by atoms with E-state index >= 15 is 0 Å². The molecule has 74 valence electrons. The van der Waals surface area contributed by atoms with E-state index in [0.717, 1.165) is 16.9 Å². The molecule has 0 atom stereocenters. The predicted molar refractivity (Wildman–Crippen MR) is 58.9 cm³/mol. The Morgan fingerprint density at radius 3 is 2.87 bits per heavy atom. The molecule has 0 saturated heterocycles. The van der Waals surface area contributed by atoms with Gasteiger partial charge in [-0.2, -0.15) is 4.73 Å². The van der Waals surface area contributed by atoms with E-state index in [-0.39, 0.29) is 0 Å². The monoisotopic (exact) mass is 198 g/mol. The van der Waals surface area contributed by atoms with Crippen LogP contribution in [0.1, 0.15) is 0 Å². The van der Waals surface area contributed by atoms with Gasteiger partial charge in [0.1, 0.15) is 7.11 Å². The van der Waals surface area contributed by atoms with E-state index in [4.69, 9.17) is 4.84 Å². The van der Waals surface area contributed by atoms with Gasteiger partial charge in [0, 0.05) is 17.1 Å². The number of rotatable bonds is 1. The Bertz CT molecular complexity index is 585. The normalized spacial score (nSPS) is 11.0. The molecule has 2 heterocycles. The molecule has 3 rings (SSSR count). The maximum Gasteiger partial charge on any atom is 0.176 e. The van der Waals surface area contributed by atoms with Crippen molar-refractivity contribution in [3.63, 3.8) is 0 Å². The molecule has 2 aliphatic heterocycles. The van der Waals surface area contributed by atoms with E-state index in [1.54, 1.807) is 11.8 Å². The lowest BCUT2D eigenvalue weighted by Crippen LogP contribution is -2.08. The van der Waals surface area contributed by atoms with Crippen LogP contribution in [0.4, 0.5) is 0 Å². The van der Waals surface area contributed by atoms with E-state index in [2.05, 4.69) is 17.1 Å². The molecule has 1 aromatic rings. The van der Waals surface area contributed by atoms with Crippen LogP contribution in [0.15, 0.2) is 42.6 Å². The summed E-state index contributed by atoms with van der Waals surface area (Å²) in [4.78, 5) is 9.74. The van der Waals surface area contributed by atoms with Crippen LogP contribution >= 0.6 is 0 Å². The van der Waals surface area contributed by atoms with Gasteiger partial charge in [0.25, 0.3) is 0 Å². The van der Waals surface area contributed by atoms with Gasteiger partial charge in [-0.3, -0.25) is 0 Å². The first-order valence-electron chi connectivity index (χ1n) is 4.80. The van der Waals surface area contributed by atoms with E-state index in [1.165, 1.54) is 5.39 Å². The molecule has 0 fully saturated rings. The van der Waals surface area contributed by atoms with Gasteiger partial charge in [0.2, 0.25) is 0 Å². The molecule has 0 spiro atoms. The number of para-hydroxylation sites is 1. The third kappa shape index (κ3) is 1.09. The summed E-state index contributed by atoms with van der Waals surface area (Å²) in [5.74, 6) is 0.862. The number of hydrogen-bond acceptors (Lipinski definition) is 2. The Morgan fingerprint density at radius 1 is 1.13 bits per heavy atom. The molecule has 0 amide bonds. The van der Waals surface area contributed by atoms with Gasteiger partial charge in [-0.15, -0.1) is 0 Å². The van der Waals surface area contributed by atoms with E-state index in [9.17, 15) is 0 Å². The van der Waals surface area contributed by atoms with Crippen LogP contribution < -0.4 is 4.84 Å². The summed E-state index contributed by atoms with van der Waals surface area (Å²) in [7, 11) is 1.64. The van der Waals surface area contributed by atoms with E-state index in [0.29, 0.717) is 0 Å². The molecule has 3 heteroatoms.